The molecule has 0 saturated carbocycles. The number of halogens is 3. The highest BCUT2D eigenvalue weighted by molar-refractivity contribution is 6.74. The lowest BCUT2D eigenvalue weighted by Crippen LogP contribution is -2.44. The maximum Gasteiger partial charge on any atom is 0.433 e. The summed E-state index contributed by atoms with van der Waals surface area (Å²) in [5.41, 5.74) is 2.93. The molecule has 8 heteroatoms. The van der Waals surface area contributed by atoms with Gasteiger partial charge in [-0.05, 0) is 66.9 Å². The van der Waals surface area contributed by atoms with Crippen molar-refractivity contribution in [3.05, 3.63) is 57.7 Å². The SMILES string of the molecule is Cc1c(C(=O)c2ccc(C(F)(F)F)nc2)c(C(C)C)nc2c1C(O[Si](C)(C)C(C)(C)C)CC(C)(C)C2. The van der Waals surface area contributed by atoms with Crippen LogP contribution in [-0.2, 0) is 17.0 Å². The van der Waals surface area contributed by atoms with Crippen molar-refractivity contribution in [2.75, 3.05) is 0 Å². The molecule has 2 aromatic heterocycles. The van der Waals surface area contributed by atoms with Gasteiger partial charge in [0.1, 0.15) is 5.69 Å². The van der Waals surface area contributed by atoms with Gasteiger partial charge in [0.15, 0.2) is 14.1 Å². The van der Waals surface area contributed by atoms with E-state index in [1.165, 1.54) is 6.07 Å². The van der Waals surface area contributed by atoms with E-state index in [9.17, 15) is 18.0 Å². The number of ketones is 1. The maximum atomic E-state index is 13.7. The molecule has 1 unspecified atom stereocenters. The molecule has 36 heavy (non-hydrogen) atoms. The second-order valence-electron chi connectivity index (χ2n) is 12.7. The summed E-state index contributed by atoms with van der Waals surface area (Å²) in [4.78, 5) is 22.3. The third kappa shape index (κ3) is 5.59. The fraction of sp³-hybridized carbons (Fsp3) is 0.607. The van der Waals surface area contributed by atoms with Crippen LogP contribution < -0.4 is 0 Å². The van der Waals surface area contributed by atoms with Crippen LogP contribution in [0.25, 0.3) is 0 Å². The molecule has 0 spiro atoms. The lowest BCUT2D eigenvalue weighted by Gasteiger charge is -2.44. The molecule has 0 N–H and O–H groups in total. The van der Waals surface area contributed by atoms with E-state index in [-0.39, 0.29) is 33.8 Å². The quantitative estimate of drug-likeness (QED) is 0.295. The van der Waals surface area contributed by atoms with Crippen molar-refractivity contribution < 1.29 is 22.4 Å². The maximum absolute atomic E-state index is 13.7. The highest BCUT2D eigenvalue weighted by Crippen LogP contribution is 2.49. The number of rotatable bonds is 5. The number of carbonyl (C=O) groups excluding carboxylic acids is 1. The number of hydrogen-bond donors (Lipinski definition) is 0. The van der Waals surface area contributed by atoms with Gasteiger partial charge in [-0.3, -0.25) is 14.8 Å². The zero-order valence-corrected chi connectivity index (χ0v) is 24.1. The van der Waals surface area contributed by atoms with Gasteiger partial charge >= 0.3 is 6.18 Å². The highest BCUT2D eigenvalue weighted by atomic mass is 28.4. The Kier molecular flexibility index (Phi) is 7.41. The van der Waals surface area contributed by atoms with E-state index < -0.39 is 20.2 Å². The topological polar surface area (TPSA) is 52.1 Å². The van der Waals surface area contributed by atoms with Crippen molar-refractivity contribution in [2.24, 2.45) is 5.41 Å². The van der Waals surface area contributed by atoms with Crippen LogP contribution in [0, 0.1) is 12.3 Å². The Morgan fingerprint density at radius 3 is 2.25 bits per heavy atom. The number of hydrogen-bond acceptors (Lipinski definition) is 4. The first kappa shape index (κ1) is 28.5. The largest absolute Gasteiger partial charge is 0.433 e. The molecule has 1 aliphatic carbocycles. The van der Waals surface area contributed by atoms with E-state index in [0.29, 0.717) is 11.3 Å². The molecule has 198 valence electrons. The first-order valence-corrected chi connectivity index (χ1v) is 15.4. The zero-order chi connectivity index (χ0) is 27.4. The van der Waals surface area contributed by atoms with Crippen LogP contribution in [0.4, 0.5) is 13.2 Å². The molecule has 1 atom stereocenters. The van der Waals surface area contributed by atoms with Crippen LogP contribution in [0.5, 0.6) is 0 Å². The minimum absolute atomic E-state index is 0.0124. The second kappa shape index (κ2) is 9.35. The van der Waals surface area contributed by atoms with E-state index in [1.807, 2.05) is 20.8 Å². The van der Waals surface area contributed by atoms with Gasteiger partial charge in [-0.2, -0.15) is 13.2 Å². The van der Waals surface area contributed by atoms with Gasteiger partial charge < -0.3 is 4.43 Å². The number of carbonyl (C=O) groups is 1. The molecular formula is C28H39F3N2O2Si. The monoisotopic (exact) mass is 520 g/mol. The van der Waals surface area contributed by atoms with E-state index in [1.54, 1.807) is 0 Å². The molecule has 0 amide bonds. The van der Waals surface area contributed by atoms with Crippen molar-refractivity contribution in [1.82, 2.24) is 9.97 Å². The Bertz CT molecular complexity index is 1150. The van der Waals surface area contributed by atoms with Crippen LogP contribution in [0.3, 0.4) is 0 Å². The number of aromatic nitrogens is 2. The number of fused-ring (bicyclic) bond motifs is 1. The number of nitrogens with zero attached hydrogens (tertiary/aromatic N) is 2. The summed E-state index contributed by atoms with van der Waals surface area (Å²) in [5.74, 6) is -0.399. The van der Waals surface area contributed by atoms with Gasteiger partial charge in [0, 0.05) is 28.6 Å². The minimum atomic E-state index is -4.56. The van der Waals surface area contributed by atoms with Gasteiger partial charge in [-0.1, -0.05) is 48.5 Å². The first-order valence-electron chi connectivity index (χ1n) is 12.5. The Morgan fingerprint density at radius 2 is 1.78 bits per heavy atom. The van der Waals surface area contributed by atoms with E-state index in [4.69, 9.17) is 9.41 Å². The molecular weight excluding hydrogens is 481 g/mol. The van der Waals surface area contributed by atoms with Crippen molar-refractivity contribution in [3.8, 4) is 0 Å². The van der Waals surface area contributed by atoms with Crippen molar-refractivity contribution in [2.45, 2.75) is 105 Å². The lowest BCUT2D eigenvalue weighted by atomic mass is 9.72. The van der Waals surface area contributed by atoms with Crippen LogP contribution in [0.15, 0.2) is 18.3 Å². The second-order valence-corrected chi connectivity index (χ2v) is 17.4. The summed E-state index contributed by atoms with van der Waals surface area (Å²) >= 11 is 0. The number of alkyl halides is 3. The lowest BCUT2D eigenvalue weighted by molar-refractivity contribution is -0.141. The predicted octanol–water partition coefficient (Wildman–Crippen LogP) is 8.19. The molecule has 0 radical (unpaired) electrons. The summed E-state index contributed by atoms with van der Waals surface area (Å²) < 4.78 is 46.0. The summed E-state index contributed by atoms with van der Waals surface area (Å²) in [5, 5.41) is 0.0124. The summed E-state index contributed by atoms with van der Waals surface area (Å²) in [7, 11) is -2.14. The highest BCUT2D eigenvalue weighted by Gasteiger charge is 2.44. The molecule has 0 aliphatic heterocycles. The normalized spacial score (nSPS) is 18.3. The van der Waals surface area contributed by atoms with E-state index in [0.717, 1.165) is 41.9 Å². The summed E-state index contributed by atoms with van der Waals surface area (Å²) in [6, 6.07) is 2.06. The minimum Gasteiger partial charge on any atom is -0.410 e. The van der Waals surface area contributed by atoms with Gasteiger partial charge in [0.25, 0.3) is 0 Å². The molecule has 1 aliphatic rings. The Balaban J connectivity index is 2.19. The average Bonchev–Trinajstić information content (AvgIpc) is 2.70. The average molecular weight is 521 g/mol. The molecule has 0 bridgehead atoms. The Hall–Kier alpha value is -2.06. The molecule has 4 nitrogen and oxygen atoms in total. The molecule has 0 fully saturated rings. The van der Waals surface area contributed by atoms with E-state index >= 15 is 0 Å². The van der Waals surface area contributed by atoms with E-state index in [2.05, 4.69) is 52.7 Å². The standard InChI is InChI=1S/C28H39F3N2O2Si/c1-16(2)24-23(25(34)18-11-12-21(32-15-18)28(29,30)31)17(3)22-19(33-24)13-27(7,8)14-20(22)35-36(9,10)26(4,5)6/h11-12,15-16,20H,13-14H2,1-10H3. The van der Waals surface area contributed by atoms with Gasteiger partial charge in [0.05, 0.1) is 11.8 Å². The fourth-order valence-electron chi connectivity index (χ4n) is 4.67. The van der Waals surface area contributed by atoms with Gasteiger partial charge in [0.2, 0.25) is 0 Å². The van der Waals surface area contributed by atoms with Crippen LogP contribution >= 0.6 is 0 Å². The molecule has 0 saturated heterocycles. The third-order valence-corrected chi connectivity index (χ3v) is 12.1. The van der Waals surface area contributed by atoms with Crippen LogP contribution in [0.2, 0.25) is 18.1 Å². The smallest absolute Gasteiger partial charge is 0.410 e. The summed E-state index contributed by atoms with van der Waals surface area (Å²) in [6.07, 6.45) is -2.16. The molecule has 2 aromatic rings. The van der Waals surface area contributed by atoms with Crippen molar-refractivity contribution in [1.29, 1.82) is 0 Å². The Morgan fingerprint density at radius 1 is 1.17 bits per heavy atom. The molecule has 2 heterocycles. The molecule has 0 aromatic carbocycles. The summed E-state index contributed by atoms with van der Waals surface area (Å²) in [6.45, 7) is 21.4. The first-order chi connectivity index (χ1) is 16.2. The Labute approximate surface area is 214 Å². The van der Waals surface area contributed by atoms with Gasteiger partial charge in [-0.25, -0.2) is 0 Å². The zero-order valence-electron chi connectivity index (χ0n) is 23.1. The predicted molar refractivity (Wildman–Crippen MR) is 139 cm³/mol. The van der Waals surface area contributed by atoms with Gasteiger partial charge in [-0.15, -0.1) is 0 Å². The number of pyridine rings is 2. The van der Waals surface area contributed by atoms with Crippen LogP contribution in [-0.4, -0.2) is 24.1 Å². The fourth-order valence-corrected chi connectivity index (χ4v) is 5.94. The van der Waals surface area contributed by atoms with Crippen molar-refractivity contribution in [3.63, 3.8) is 0 Å². The third-order valence-electron chi connectivity index (χ3n) is 7.64. The molecule has 3 rings (SSSR count). The van der Waals surface area contributed by atoms with Crippen LogP contribution in [0.1, 0.15) is 111 Å². The van der Waals surface area contributed by atoms with Crippen molar-refractivity contribution >= 4 is 14.1 Å².